The van der Waals surface area contributed by atoms with Crippen LogP contribution >= 0.6 is 0 Å². The van der Waals surface area contributed by atoms with Gasteiger partial charge in [-0.25, -0.2) is 0 Å². The lowest BCUT2D eigenvalue weighted by molar-refractivity contribution is -0.119. The molecular weight excluding hydrogens is 232 g/mol. The van der Waals surface area contributed by atoms with Crippen LogP contribution in [0.25, 0.3) is 0 Å². The second-order valence-electron chi connectivity index (χ2n) is 4.10. The fraction of sp³-hybridized carbons (Fsp3) is 0.273. The van der Waals surface area contributed by atoms with Crippen LogP contribution in [0.1, 0.15) is 17.4 Å². The van der Waals surface area contributed by atoms with Crippen LogP contribution in [0.2, 0.25) is 0 Å². The number of carbonyl (C=O) groups excluding carboxylic acids is 1. The van der Waals surface area contributed by atoms with E-state index in [9.17, 15) is 4.79 Å². The van der Waals surface area contributed by atoms with E-state index in [0.717, 1.165) is 11.3 Å². The van der Waals surface area contributed by atoms with Crippen LogP contribution in [-0.4, -0.2) is 33.6 Å². The maximum Gasteiger partial charge on any atom is 0.248 e. The van der Waals surface area contributed by atoms with Gasteiger partial charge in [0.2, 0.25) is 5.91 Å². The van der Waals surface area contributed by atoms with Crippen molar-refractivity contribution < 1.29 is 4.79 Å². The minimum Gasteiger partial charge on any atom is -0.313 e. The molecule has 1 aliphatic rings. The number of hydrogen-bond acceptors (Lipinski definition) is 5. The fourth-order valence-electron chi connectivity index (χ4n) is 2.13. The first-order valence-corrected chi connectivity index (χ1v) is 5.59. The molecule has 2 aromatic rings. The number of nitrogens with one attached hydrogen (secondary N) is 2. The molecule has 0 radical (unpaired) electrons. The summed E-state index contributed by atoms with van der Waals surface area (Å²) in [5.74, 6) is 0.564. The Bertz CT molecular complexity index is 567. The molecule has 1 aromatic carbocycles. The minimum absolute atomic E-state index is 0.0275. The standard InChI is InChI=1S/C11H12N6O/c1-17-8-5-3-2-4-7(8)10(11(17)18)12-6-9-13-15-16-14-9/h2-5,10,12H,6H2,1H3,(H,13,14,15,16). The predicted octanol–water partition coefficient (Wildman–Crippen LogP) is 0.00700. The first-order valence-electron chi connectivity index (χ1n) is 5.59. The molecule has 0 aliphatic carbocycles. The summed E-state index contributed by atoms with van der Waals surface area (Å²) in [6.07, 6.45) is 0. The van der Waals surface area contributed by atoms with E-state index in [1.54, 1.807) is 11.9 Å². The van der Waals surface area contributed by atoms with Crippen LogP contribution in [0, 0.1) is 0 Å². The first-order chi connectivity index (χ1) is 8.77. The predicted molar refractivity (Wildman–Crippen MR) is 63.6 cm³/mol. The van der Waals surface area contributed by atoms with Gasteiger partial charge in [-0.2, -0.15) is 5.21 Å². The number of carbonyl (C=O) groups is 1. The number of aromatic amines is 1. The summed E-state index contributed by atoms with van der Waals surface area (Å²) in [6, 6.07) is 7.39. The molecule has 1 atom stereocenters. The van der Waals surface area contributed by atoms with Gasteiger partial charge in [0.15, 0.2) is 5.82 Å². The molecule has 0 saturated heterocycles. The van der Waals surface area contributed by atoms with Crippen molar-refractivity contribution in [2.24, 2.45) is 0 Å². The summed E-state index contributed by atoms with van der Waals surface area (Å²) in [5, 5.41) is 16.7. The minimum atomic E-state index is -0.343. The van der Waals surface area contributed by atoms with Crippen LogP contribution in [0.4, 0.5) is 5.69 Å². The van der Waals surface area contributed by atoms with E-state index in [1.807, 2.05) is 24.3 Å². The number of aromatic nitrogens is 4. The average Bonchev–Trinajstić information content (AvgIpc) is 2.98. The molecule has 1 aromatic heterocycles. The average molecular weight is 244 g/mol. The maximum atomic E-state index is 12.1. The Hall–Kier alpha value is -2.28. The van der Waals surface area contributed by atoms with E-state index < -0.39 is 0 Å². The Balaban J connectivity index is 1.82. The Labute approximate surface area is 103 Å². The molecule has 92 valence electrons. The zero-order chi connectivity index (χ0) is 12.5. The van der Waals surface area contributed by atoms with Crippen molar-refractivity contribution >= 4 is 11.6 Å². The van der Waals surface area contributed by atoms with E-state index in [1.165, 1.54) is 0 Å². The van der Waals surface area contributed by atoms with Crippen molar-refractivity contribution in [1.82, 2.24) is 25.9 Å². The molecule has 0 spiro atoms. The first kappa shape index (κ1) is 10.8. The van der Waals surface area contributed by atoms with Crippen LogP contribution < -0.4 is 10.2 Å². The molecule has 3 rings (SSSR count). The topological polar surface area (TPSA) is 86.8 Å². The Morgan fingerprint density at radius 2 is 2.28 bits per heavy atom. The van der Waals surface area contributed by atoms with Gasteiger partial charge in [-0.15, -0.1) is 10.2 Å². The third kappa shape index (κ3) is 1.65. The molecule has 1 amide bonds. The van der Waals surface area contributed by atoms with Crippen LogP contribution in [0.15, 0.2) is 24.3 Å². The summed E-state index contributed by atoms with van der Waals surface area (Å²) in [4.78, 5) is 13.8. The monoisotopic (exact) mass is 244 g/mol. The molecular formula is C11H12N6O. The lowest BCUT2D eigenvalue weighted by Crippen LogP contribution is -2.32. The largest absolute Gasteiger partial charge is 0.313 e. The van der Waals surface area contributed by atoms with Gasteiger partial charge in [0.1, 0.15) is 6.04 Å². The van der Waals surface area contributed by atoms with E-state index in [0.29, 0.717) is 12.4 Å². The zero-order valence-corrected chi connectivity index (χ0v) is 9.79. The number of amides is 1. The zero-order valence-electron chi connectivity index (χ0n) is 9.79. The number of tetrazole rings is 1. The number of fused-ring (bicyclic) bond motifs is 1. The summed E-state index contributed by atoms with van der Waals surface area (Å²) in [7, 11) is 1.77. The number of benzene rings is 1. The Kier molecular flexibility index (Phi) is 2.52. The molecule has 1 aliphatic heterocycles. The highest BCUT2D eigenvalue weighted by atomic mass is 16.2. The van der Waals surface area contributed by atoms with E-state index in [2.05, 4.69) is 25.9 Å². The Morgan fingerprint density at radius 1 is 1.44 bits per heavy atom. The smallest absolute Gasteiger partial charge is 0.248 e. The summed E-state index contributed by atoms with van der Waals surface area (Å²) in [5.41, 5.74) is 1.92. The van der Waals surface area contributed by atoms with Gasteiger partial charge in [0.05, 0.1) is 6.54 Å². The van der Waals surface area contributed by atoms with Gasteiger partial charge in [-0.05, 0) is 6.07 Å². The molecule has 7 nitrogen and oxygen atoms in total. The van der Waals surface area contributed by atoms with Crippen molar-refractivity contribution in [2.45, 2.75) is 12.6 Å². The maximum absolute atomic E-state index is 12.1. The van der Waals surface area contributed by atoms with Gasteiger partial charge in [-0.1, -0.05) is 23.4 Å². The second kappa shape index (κ2) is 4.19. The molecule has 0 bridgehead atoms. The van der Waals surface area contributed by atoms with Crippen molar-refractivity contribution in [3.63, 3.8) is 0 Å². The highest BCUT2D eigenvalue weighted by Gasteiger charge is 2.34. The van der Waals surface area contributed by atoms with Crippen LogP contribution in [0.5, 0.6) is 0 Å². The number of anilines is 1. The highest BCUT2D eigenvalue weighted by molar-refractivity contribution is 6.04. The SMILES string of the molecule is CN1C(=O)C(NCc2nn[nH]n2)c2ccccc21. The van der Waals surface area contributed by atoms with Gasteiger partial charge in [0, 0.05) is 18.3 Å². The molecule has 2 N–H and O–H groups in total. The molecule has 2 heterocycles. The van der Waals surface area contributed by atoms with E-state index >= 15 is 0 Å². The van der Waals surface area contributed by atoms with Gasteiger partial charge in [-0.3, -0.25) is 10.1 Å². The lowest BCUT2D eigenvalue weighted by Gasteiger charge is -2.11. The third-order valence-corrected chi connectivity index (χ3v) is 3.04. The summed E-state index contributed by atoms with van der Waals surface area (Å²) in [6.45, 7) is 0.398. The van der Waals surface area contributed by atoms with E-state index in [4.69, 9.17) is 0 Å². The van der Waals surface area contributed by atoms with Gasteiger partial charge in [0.25, 0.3) is 0 Å². The number of hydrogen-bond donors (Lipinski definition) is 2. The van der Waals surface area contributed by atoms with Crippen LogP contribution in [0.3, 0.4) is 0 Å². The Morgan fingerprint density at radius 3 is 3.06 bits per heavy atom. The molecule has 0 saturated carbocycles. The van der Waals surface area contributed by atoms with E-state index in [-0.39, 0.29) is 11.9 Å². The second-order valence-corrected chi connectivity index (χ2v) is 4.10. The number of para-hydroxylation sites is 1. The quantitative estimate of drug-likeness (QED) is 0.794. The normalized spacial score (nSPS) is 18.2. The highest BCUT2D eigenvalue weighted by Crippen LogP contribution is 2.34. The third-order valence-electron chi connectivity index (χ3n) is 3.04. The van der Waals surface area contributed by atoms with Crippen molar-refractivity contribution in [3.8, 4) is 0 Å². The lowest BCUT2D eigenvalue weighted by atomic mass is 10.1. The number of rotatable bonds is 3. The number of nitrogens with zero attached hydrogens (tertiary/aromatic N) is 4. The number of H-pyrrole nitrogens is 1. The van der Waals surface area contributed by atoms with Crippen molar-refractivity contribution in [3.05, 3.63) is 35.7 Å². The molecule has 7 heteroatoms. The molecule has 0 fully saturated rings. The van der Waals surface area contributed by atoms with Gasteiger partial charge >= 0.3 is 0 Å². The van der Waals surface area contributed by atoms with Crippen LogP contribution in [-0.2, 0) is 11.3 Å². The van der Waals surface area contributed by atoms with Crippen molar-refractivity contribution in [1.29, 1.82) is 0 Å². The summed E-state index contributed by atoms with van der Waals surface area (Å²) < 4.78 is 0. The van der Waals surface area contributed by atoms with Gasteiger partial charge < -0.3 is 4.90 Å². The fourth-order valence-corrected chi connectivity index (χ4v) is 2.13. The molecule has 1 unspecified atom stereocenters. The van der Waals surface area contributed by atoms with Crippen molar-refractivity contribution in [2.75, 3.05) is 11.9 Å². The number of likely N-dealkylation sites (N-methyl/N-ethyl adjacent to an activating group) is 1. The summed E-state index contributed by atoms with van der Waals surface area (Å²) >= 11 is 0. The molecule has 18 heavy (non-hydrogen) atoms.